The molecule has 35 heavy (non-hydrogen) atoms. The molecule has 0 saturated carbocycles. The molecule has 8 nitrogen and oxygen atoms in total. The van der Waals surface area contributed by atoms with Crippen molar-refractivity contribution >= 4 is 41.0 Å². The van der Waals surface area contributed by atoms with E-state index in [1.54, 1.807) is 43.3 Å². The van der Waals surface area contributed by atoms with Gasteiger partial charge in [-0.1, -0.05) is 47.2 Å². The van der Waals surface area contributed by atoms with Gasteiger partial charge in [-0.05, 0) is 42.3 Å². The van der Waals surface area contributed by atoms with E-state index in [2.05, 4.69) is 4.99 Å². The molecule has 1 unspecified atom stereocenters. The van der Waals surface area contributed by atoms with Crippen molar-refractivity contribution in [2.24, 2.45) is 4.99 Å². The average Bonchev–Trinajstić information content (AvgIpc) is 3.13. The van der Waals surface area contributed by atoms with E-state index in [4.69, 9.17) is 25.8 Å². The number of methoxy groups -OCH3 is 2. The van der Waals surface area contributed by atoms with Crippen molar-refractivity contribution in [3.8, 4) is 11.5 Å². The van der Waals surface area contributed by atoms with E-state index in [0.29, 0.717) is 31.2 Å². The predicted octanol–water partition coefficient (Wildman–Crippen LogP) is 3.00. The van der Waals surface area contributed by atoms with Crippen LogP contribution in [0, 0.1) is 0 Å². The number of fused-ring (bicyclic) bond motifs is 1. The molecule has 1 atom stereocenters. The monoisotopic (exact) mass is 512 g/mol. The lowest BCUT2D eigenvalue weighted by atomic mass is 9.95. The van der Waals surface area contributed by atoms with Crippen molar-refractivity contribution in [2.45, 2.75) is 19.9 Å². The highest BCUT2D eigenvalue weighted by Crippen LogP contribution is 2.36. The fraction of sp³-hybridized carbons (Fsp3) is 0.200. The Morgan fingerprint density at radius 2 is 1.89 bits per heavy atom. The number of carbonyl (C=O) groups excluding carboxylic acids is 2. The van der Waals surface area contributed by atoms with E-state index in [0.717, 1.165) is 0 Å². The fourth-order valence-electron chi connectivity index (χ4n) is 3.83. The van der Waals surface area contributed by atoms with Crippen LogP contribution in [0.5, 0.6) is 11.5 Å². The first-order chi connectivity index (χ1) is 16.7. The van der Waals surface area contributed by atoms with Crippen LogP contribution in [0.25, 0.3) is 6.08 Å². The number of esters is 2. The number of thiazole rings is 1. The maximum atomic E-state index is 13.6. The zero-order chi connectivity index (χ0) is 25.3. The molecule has 1 aromatic heterocycles. The van der Waals surface area contributed by atoms with Gasteiger partial charge in [0.15, 0.2) is 16.3 Å². The van der Waals surface area contributed by atoms with E-state index in [9.17, 15) is 14.4 Å². The van der Waals surface area contributed by atoms with E-state index in [-0.39, 0.29) is 22.6 Å². The smallest absolute Gasteiger partial charge is 0.338 e. The summed E-state index contributed by atoms with van der Waals surface area (Å²) >= 11 is 7.48. The normalized spacial score (nSPS) is 15.3. The summed E-state index contributed by atoms with van der Waals surface area (Å²) in [6, 6.07) is 11.2. The number of benzene rings is 2. The molecule has 1 aliphatic rings. The van der Waals surface area contributed by atoms with Gasteiger partial charge in [-0.15, -0.1) is 0 Å². The van der Waals surface area contributed by atoms with Gasteiger partial charge >= 0.3 is 11.9 Å². The Hall–Kier alpha value is -3.69. The minimum Gasteiger partial charge on any atom is -0.493 e. The number of hydrogen-bond donors (Lipinski definition) is 0. The molecule has 0 saturated heterocycles. The summed E-state index contributed by atoms with van der Waals surface area (Å²) in [5.41, 5.74) is 1.54. The highest BCUT2D eigenvalue weighted by Gasteiger charge is 2.33. The molecule has 3 aromatic rings. The number of rotatable bonds is 5. The average molecular weight is 513 g/mol. The van der Waals surface area contributed by atoms with Crippen LogP contribution in [-0.2, 0) is 14.3 Å². The van der Waals surface area contributed by atoms with Crippen LogP contribution in [0.4, 0.5) is 0 Å². The van der Waals surface area contributed by atoms with Crippen molar-refractivity contribution in [1.29, 1.82) is 0 Å². The van der Waals surface area contributed by atoms with Gasteiger partial charge in [-0.25, -0.2) is 9.79 Å². The third-order valence-corrected chi connectivity index (χ3v) is 6.70. The van der Waals surface area contributed by atoms with Crippen molar-refractivity contribution in [1.82, 2.24) is 4.57 Å². The molecule has 2 aromatic carbocycles. The van der Waals surface area contributed by atoms with E-state index < -0.39 is 18.0 Å². The first-order valence-electron chi connectivity index (χ1n) is 10.5. The highest BCUT2D eigenvalue weighted by atomic mass is 35.5. The Bertz CT molecular complexity index is 1550. The maximum absolute atomic E-state index is 13.6. The zero-order valence-electron chi connectivity index (χ0n) is 19.3. The Labute approximate surface area is 209 Å². The molecule has 0 N–H and O–H groups in total. The summed E-state index contributed by atoms with van der Waals surface area (Å²) in [5.74, 6) is -0.626. The molecule has 1 aliphatic heterocycles. The van der Waals surface area contributed by atoms with Gasteiger partial charge in [0.2, 0.25) is 0 Å². The minimum atomic E-state index is -0.840. The van der Waals surface area contributed by atoms with Gasteiger partial charge in [0.05, 0.1) is 36.1 Å². The number of ether oxygens (including phenoxy) is 3. The molecule has 10 heteroatoms. The van der Waals surface area contributed by atoms with Crippen molar-refractivity contribution in [2.75, 3.05) is 14.2 Å². The number of allylic oxidation sites excluding steroid dienone is 1. The van der Waals surface area contributed by atoms with Gasteiger partial charge in [0.1, 0.15) is 0 Å². The second-order valence-electron chi connectivity index (χ2n) is 7.60. The second kappa shape index (κ2) is 9.89. The van der Waals surface area contributed by atoms with Crippen LogP contribution >= 0.6 is 22.9 Å². The molecular weight excluding hydrogens is 492 g/mol. The Balaban J connectivity index is 1.97. The van der Waals surface area contributed by atoms with Gasteiger partial charge < -0.3 is 14.2 Å². The molecule has 0 spiro atoms. The van der Waals surface area contributed by atoms with Gasteiger partial charge in [-0.2, -0.15) is 0 Å². The summed E-state index contributed by atoms with van der Waals surface area (Å²) in [7, 11) is 2.70. The molecule has 0 radical (unpaired) electrons. The summed E-state index contributed by atoms with van der Waals surface area (Å²) < 4.78 is 17.5. The third-order valence-electron chi connectivity index (χ3n) is 5.38. The lowest BCUT2D eigenvalue weighted by molar-refractivity contribution is -0.136. The quantitative estimate of drug-likeness (QED) is 0.385. The fourth-order valence-corrected chi connectivity index (χ4v) is 5.06. The largest absolute Gasteiger partial charge is 0.493 e. The SMILES string of the molecule is COC(=O)C1=C(C)N=c2s/c(=C/c3ccccc3Cl)c(=O)n2C1c1ccc(OC(C)=O)c(OC)c1. The Morgan fingerprint density at radius 3 is 2.54 bits per heavy atom. The van der Waals surface area contributed by atoms with Gasteiger partial charge in [-0.3, -0.25) is 14.2 Å². The minimum absolute atomic E-state index is 0.214. The molecule has 4 rings (SSSR count). The van der Waals surface area contributed by atoms with Crippen LogP contribution in [0.1, 0.15) is 31.0 Å². The first kappa shape index (κ1) is 24.4. The van der Waals surface area contributed by atoms with E-state index >= 15 is 0 Å². The molecule has 0 bridgehead atoms. The molecule has 180 valence electrons. The standard InChI is InChI=1S/C25H21ClN2O6S/c1-13-21(24(31)33-4)22(16-9-10-18(34-14(2)29)19(11-16)32-3)28-23(30)20(35-25(28)27-13)12-15-7-5-6-8-17(15)26/h5-12,22H,1-4H3/b20-12+. The summed E-state index contributed by atoms with van der Waals surface area (Å²) in [6.07, 6.45) is 1.70. The van der Waals surface area contributed by atoms with Crippen molar-refractivity contribution in [3.63, 3.8) is 0 Å². The molecule has 0 fully saturated rings. The van der Waals surface area contributed by atoms with Crippen LogP contribution < -0.4 is 24.4 Å². The highest BCUT2D eigenvalue weighted by molar-refractivity contribution is 7.07. The van der Waals surface area contributed by atoms with E-state index in [1.807, 2.05) is 12.1 Å². The third kappa shape index (κ3) is 4.65. The number of hydrogen-bond acceptors (Lipinski definition) is 8. The van der Waals surface area contributed by atoms with Gasteiger partial charge in [0.25, 0.3) is 5.56 Å². The van der Waals surface area contributed by atoms with Crippen molar-refractivity contribution in [3.05, 3.63) is 89.6 Å². The molecule has 2 heterocycles. The molecule has 0 amide bonds. The summed E-state index contributed by atoms with van der Waals surface area (Å²) in [5, 5.41) is 0.507. The lowest BCUT2D eigenvalue weighted by Gasteiger charge is -2.25. The predicted molar refractivity (Wildman–Crippen MR) is 132 cm³/mol. The zero-order valence-corrected chi connectivity index (χ0v) is 20.9. The number of carbonyl (C=O) groups is 2. The Morgan fingerprint density at radius 1 is 1.14 bits per heavy atom. The lowest BCUT2D eigenvalue weighted by Crippen LogP contribution is -2.39. The summed E-state index contributed by atoms with van der Waals surface area (Å²) in [6.45, 7) is 2.97. The number of aromatic nitrogens is 1. The van der Waals surface area contributed by atoms with Crippen LogP contribution in [0.3, 0.4) is 0 Å². The second-order valence-corrected chi connectivity index (χ2v) is 9.02. The topological polar surface area (TPSA) is 96.2 Å². The van der Waals surface area contributed by atoms with Gasteiger partial charge in [0, 0.05) is 11.9 Å². The van der Waals surface area contributed by atoms with E-state index in [1.165, 1.54) is 37.0 Å². The van der Waals surface area contributed by atoms with Crippen LogP contribution in [-0.4, -0.2) is 30.7 Å². The van der Waals surface area contributed by atoms with Crippen LogP contribution in [0.2, 0.25) is 5.02 Å². The number of nitrogens with zero attached hydrogens (tertiary/aromatic N) is 2. The number of halogens is 1. The van der Waals surface area contributed by atoms with Crippen LogP contribution in [0.15, 0.2) is 63.5 Å². The Kier molecular flexibility index (Phi) is 6.90. The maximum Gasteiger partial charge on any atom is 0.338 e. The summed E-state index contributed by atoms with van der Waals surface area (Å²) in [4.78, 5) is 42.8. The van der Waals surface area contributed by atoms with Crippen molar-refractivity contribution < 1.29 is 23.8 Å². The molecular formula is C25H21ClN2O6S. The first-order valence-corrected chi connectivity index (χ1v) is 11.7. The molecule has 0 aliphatic carbocycles.